The molecular weight excluding hydrogens is 250 g/mol. The highest BCUT2D eigenvalue weighted by molar-refractivity contribution is 7.09. The molecule has 1 aliphatic rings. The fraction of sp³-hybridized carbons (Fsp3) is 0.667. The normalized spacial score (nSPS) is 17.7. The Morgan fingerprint density at radius 1 is 1.50 bits per heavy atom. The van der Waals surface area contributed by atoms with Gasteiger partial charge in [0, 0.05) is 11.4 Å². The van der Waals surface area contributed by atoms with E-state index < -0.39 is 5.60 Å². The molecule has 0 radical (unpaired) electrons. The van der Waals surface area contributed by atoms with Crippen LogP contribution in [0.3, 0.4) is 0 Å². The van der Waals surface area contributed by atoms with Crippen molar-refractivity contribution in [3.63, 3.8) is 0 Å². The monoisotopic (exact) mass is 269 g/mol. The Kier molecular flexibility index (Phi) is 4.19. The molecule has 2 rings (SSSR count). The van der Waals surface area contributed by atoms with Crippen molar-refractivity contribution in [2.75, 3.05) is 6.54 Å². The van der Waals surface area contributed by atoms with Crippen molar-refractivity contribution in [3.05, 3.63) is 16.1 Å². The van der Waals surface area contributed by atoms with Crippen LogP contribution >= 0.6 is 11.3 Å². The lowest BCUT2D eigenvalue weighted by Gasteiger charge is -2.22. The number of carbonyl (C=O) groups excluding carboxylic acids is 1. The van der Waals surface area contributed by atoms with Crippen LogP contribution in [-0.2, 0) is 6.54 Å². The molecule has 0 spiro atoms. The van der Waals surface area contributed by atoms with Gasteiger partial charge in [-0.3, -0.25) is 0 Å². The number of urea groups is 1. The third-order valence-corrected chi connectivity index (χ3v) is 4.30. The SMILES string of the molecule is Cc1ncsc1CNC(=O)NCC1(O)CCCC1. The molecule has 0 unspecified atom stereocenters. The van der Waals surface area contributed by atoms with Gasteiger partial charge in [-0.1, -0.05) is 12.8 Å². The molecule has 1 aromatic rings. The zero-order valence-corrected chi connectivity index (χ0v) is 11.3. The van der Waals surface area contributed by atoms with Crippen LogP contribution in [0.25, 0.3) is 0 Å². The van der Waals surface area contributed by atoms with Crippen molar-refractivity contribution in [1.82, 2.24) is 15.6 Å². The average Bonchev–Trinajstić information content (AvgIpc) is 2.94. The number of nitrogens with one attached hydrogen (secondary N) is 2. The number of aromatic nitrogens is 1. The van der Waals surface area contributed by atoms with E-state index in [4.69, 9.17) is 0 Å². The van der Waals surface area contributed by atoms with Crippen molar-refractivity contribution in [1.29, 1.82) is 0 Å². The molecule has 3 N–H and O–H groups in total. The van der Waals surface area contributed by atoms with Crippen LogP contribution in [0.4, 0.5) is 4.79 Å². The second-order valence-corrected chi connectivity index (χ2v) is 5.77. The zero-order valence-electron chi connectivity index (χ0n) is 10.5. The minimum absolute atomic E-state index is 0.233. The third-order valence-electron chi connectivity index (χ3n) is 3.37. The average molecular weight is 269 g/mol. The van der Waals surface area contributed by atoms with Gasteiger partial charge in [-0.2, -0.15) is 0 Å². The quantitative estimate of drug-likeness (QED) is 0.776. The van der Waals surface area contributed by atoms with Crippen LogP contribution in [0.15, 0.2) is 5.51 Å². The lowest BCUT2D eigenvalue weighted by Crippen LogP contribution is -2.44. The molecule has 0 bridgehead atoms. The Balaban J connectivity index is 1.71. The molecule has 1 heterocycles. The van der Waals surface area contributed by atoms with Crippen LogP contribution in [0, 0.1) is 6.92 Å². The predicted octanol–water partition coefficient (Wildman–Crippen LogP) is 1.56. The fourth-order valence-electron chi connectivity index (χ4n) is 2.17. The summed E-state index contributed by atoms with van der Waals surface area (Å²) in [5.41, 5.74) is 2.03. The Bertz CT molecular complexity index is 413. The summed E-state index contributed by atoms with van der Waals surface area (Å²) in [5.74, 6) is 0. The number of aliphatic hydroxyl groups is 1. The highest BCUT2D eigenvalue weighted by Crippen LogP contribution is 2.28. The molecule has 0 saturated heterocycles. The van der Waals surface area contributed by atoms with Gasteiger partial charge >= 0.3 is 6.03 Å². The number of carbonyl (C=O) groups is 1. The van der Waals surface area contributed by atoms with Crippen molar-refractivity contribution in [2.24, 2.45) is 0 Å². The predicted molar refractivity (Wildman–Crippen MR) is 70.5 cm³/mol. The number of nitrogens with zero attached hydrogens (tertiary/aromatic N) is 1. The van der Waals surface area contributed by atoms with E-state index in [0.29, 0.717) is 13.1 Å². The van der Waals surface area contributed by atoms with E-state index in [1.54, 1.807) is 5.51 Å². The lowest BCUT2D eigenvalue weighted by atomic mass is 10.0. The summed E-state index contributed by atoms with van der Waals surface area (Å²) >= 11 is 1.53. The molecule has 2 amide bonds. The summed E-state index contributed by atoms with van der Waals surface area (Å²) in [4.78, 5) is 16.8. The first-order valence-corrected chi connectivity index (χ1v) is 7.10. The maximum Gasteiger partial charge on any atom is 0.315 e. The standard InChI is InChI=1S/C12H19N3O2S/c1-9-10(18-8-15-9)6-13-11(16)14-7-12(17)4-2-3-5-12/h8,17H,2-7H2,1H3,(H2,13,14,16). The molecule has 0 aliphatic heterocycles. The smallest absolute Gasteiger partial charge is 0.315 e. The van der Waals surface area contributed by atoms with Crippen molar-refractivity contribution in [2.45, 2.75) is 44.8 Å². The van der Waals surface area contributed by atoms with E-state index in [1.165, 1.54) is 11.3 Å². The van der Waals surface area contributed by atoms with E-state index in [2.05, 4.69) is 15.6 Å². The minimum Gasteiger partial charge on any atom is -0.388 e. The van der Waals surface area contributed by atoms with Gasteiger partial charge in [-0.05, 0) is 19.8 Å². The molecule has 1 aromatic heterocycles. The van der Waals surface area contributed by atoms with Crippen LogP contribution in [0.5, 0.6) is 0 Å². The Hall–Kier alpha value is -1.14. The van der Waals surface area contributed by atoms with E-state index in [1.807, 2.05) is 6.92 Å². The molecule has 0 atom stereocenters. The molecule has 1 saturated carbocycles. The van der Waals surface area contributed by atoms with Gasteiger partial charge in [0.05, 0.1) is 23.4 Å². The maximum atomic E-state index is 11.6. The lowest BCUT2D eigenvalue weighted by molar-refractivity contribution is 0.0501. The van der Waals surface area contributed by atoms with Gasteiger partial charge in [-0.25, -0.2) is 9.78 Å². The summed E-state index contributed by atoms with van der Waals surface area (Å²) in [6.45, 7) is 2.74. The van der Waals surface area contributed by atoms with Crippen LogP contribution in [0.2, 0.25) is 0 Å². The Morgan fingerprint density at radius 2 is 2.22 bits per heavy atom. The van der Waals surface area contributed by atoms with Crippen LogP contribution in [-0.4, -0.2) is 28.3 Å². The van der Waals surface area contributed by atoms with Gasteiger partial charge in [0.15, 0.2) is 0 Å². The van der Waals surface area contributed by atoms with Crippen LogP contribution < -0.4 is 10.6 Å². The second-order valence-electron chi connectivity index (χ2n) is 4.83. The first kappa shape index (κ1) is 13.3. The van der Waals surface area contributed by atoms with E-state index in [0.717, 1.165) is 36.3 Å². The third kappa shape index (κ3) is 3.43. The fourth-order valence-corrected chi connectivity index (χ4v) is 2.89. The molecule has 5 nitrogen and oxygen atoms in total. The topological polar surface area (TPSA) is 74.2 Å². The minimum atomic E-state index is -0.697. The van der Waals surface area contributed by atoms with E-state index in [9.17, 15) is 9.90 Å². The molecule has 6 heteroatoms. The summed E-state index contributed by atoms with van der Waals surface area (Å²) in [6, 6.07) is -0.233. The highest BCUT2D eigenvalue weighted by atomic mass is 32.1. The van der Waals surface area contributed by atoms with Gasteiger partial charge in [0.2, 0.25) is 0 Å². The van der Waals surface area contributed by atoms with Crippen molar-refractivity contribution >= 4 is 17.4 Å². The van der Waals surface area contributed by atoms with Crippen molar-refractivity contribution in [3.8, 4) is 0 Å². The first-order chi connectivity index (χ1) is 8.59. The van der Waals surface area contributed by atoms with Crippen molar-refractivity contribution < 1.29 is 9.90 Å². The van der Waals surface area contributed by atoms with Gasteiger partial charge in [0.25, 0.3) is 0 Å². The summed E-state index contributed by atoms with van der Waals surface area (Å²) in [6.07, 6.45) is 3.64. The number of amides is 2. The number of rotatable bonds is 4. The molecule has 18 heavy (non-hydrogen) atoms. The summed E-state index contributed by atoms with van der Waals surface area (Å²) in [5, 5.41) is 15.6. The number of hydrogen-bond acceptors (Lipinski definition) is 4. The molecule has 100 valence electrons. The van der Waals surface area contributed by atoms with E-state index >= 15 is 0 Å². The molecule has 1 aliphatic carbocycles. The maximum absolute atomic E-state index is 11.6. The number of aryl methyl sites for hydroxylation is 1. The zero-order chi connectivity index (χ0) is 13.0. The highest BCUT2D eigenvalue weighted by Gasteiger charge is 2.31. The molecule has 0 aromatic carbocycles. The molecule has 1 fully saturated rings. The Morgan fingerprint density at radius 3 is 2.83 bits per heavy atom. The Labute approximate surface area is 111 Å². The summed E-state index contributed by atoms with van der Waals surface area (Å²) in [7, 11) is 0. The number of thiazole rings is 1. The van der Waals surface area contributed by atoms with Gasteiger partial charge in [-0.15, -0.1) is 11.3 Å². The van der Waals surface area contributed by atoms with Gasteiger partial charge in [0.1, 0.15) is 0 Å². The number of hydrogen-bond donors (Lipinski definition) is 3. The first-order valence-electron chi connectivity index (χ1n) is 6.22. The molecular formula is C12H19N3O2S. The van der Waals surface area contributed by atoms with E-state index in [-0.39, 0.29) is 6.03 Å². The van der Waals surface area contributed by atoms with Gasteiger partial charge < -0.3 is 15.7 Å². The second kappa shape index (κ2) is 5.67. The largest absolute Gasteiger partial charge is 0.388 e. The summed E-state index contributed by atoms with van der Waals surface area (Å²) < 4.78 is 0. The van der Waals surface area contributed by atoms with Crippen LogP contribution in [0.1, 0.15) is 36.3 Å².